The lowest BCUT2D eigenvalue weighted by Crippen LogP contribution is -2.42. The van der Waals surface area contributed by atoms with Gasteiger partial charge >= 0.3 is 6.61 Å². The Hall–Kier alpha value is -1.69. The van der Waals surface area contributed by atoms with Crippen molar-refractivity contribution >= 4 is 5.91 Å². The summed E-state index contributed by atoms with van der Waals surface area (Å²) in [6.07, 6.45) is 2.11. The number of alkyl halides is 2. The Labute approximate surface area is 123 Å². The zero-order valence-electron chi connectivity index (χ0n) is 12.0. The van der Waals surface area contributed by atoms with Gasteiger partial charge in [-0.1, -0.05) is 0 Å². The summed E-state index contributed by atoms with van der Waals surface area (Å²) in [5.41, 5.74) is 0.502. The molecule has 0 saturated carbocycles. The lowest BCUT2D eigenvalue weighted by Gasteiger charge is -2.32. The monoisotopic (exact) mass is 298 g/mol. The molecule has 1 amide bonds. The third-order valence-electron chi connectivity index (χ3n) is 3.63. The highest BCUT2D eigenvalue weighted by Gasteiger charge is 2.24. The molecule has 1 aromatic rings. The van der Waals surface area contributed by atoms with Crippen LogP contribution in [0.2, 0.25) is 0 Å². The number of carbonyl (C=O) groups excluding carboxylic acids is 1. The van der Waals surface area contributed by atoms with E-state index in [2.05, 4.69) is 10.1 Å². The molecule has 21 heavy (non-hydrogen) atoms. The van der Waals surface area contributed by atoms with E-state index in [9.17, 15) is 13.6 Å². The van der Waals surface area contributed by atoms with E-state index >= 15 is 0 Å². The Bertz CT molecular complexity index is 463. The van der Waals surface area contributed by atoms with E-state index in [4.69, 9.17) is 0 Å². The zero-order chi connectivity index (χ0) is 15.2. The SMILES string of the molecule is CNCC1CCCN(C(=O)c2ccc(OC(F)F)cc2)C1. The van der Waals surface area contributed by atoms with Gasteiger partial charge in [0.15, 0.2) is 0 Å². The van der Waals surface area contributed by atoms with E-state index in [1.165, 1.54) is 24.3 Å². The first kappa shape index (κ1) is 15.7. The molecule has 116 valence electrons. The molecule has 0 bridgehead atoms. The van der Waals surface area contributed by atoms with Gasteiger partial charge in [0.2, 0.25) is 0 Å². The van der Waals surface area contributed by atoms with Crippen LogP contribution in [0.1, 0.15) is 23.2 Å². The Morgan fingerprint density at radius 1 is 1.43 bits per heavy atom. The van der Waals surface area contributed by atoms with Crippen LogP contribution in [-0.4, -0.2) is 44.1 Å². The fourth-order valence-corrected chi connectivity index (χ4v) is 2.67. The van der Waals surface area contributed by atoms with E-state index in [1.807, 2.05) is 11.9 Å². The number of hydrogen-bond acceptors (Lipinski definition) is 3. The maximum atomic E-state index is 12.4. The van der Waals surface area contributed by atoms with E-state index < -0.39 is 6.61 Å². The van der Waals surface area contributed by atoms with E-state index in [0.717, 1.165) is 32.5 Å². The first-order valence-corrected chi connectivity index (χ1v) is 7.09. The molecule has 1 aliphatic heterocycles. The number of likely N-dealkylation sites (tertiary alicyclic amines) is 1. The molecule has 0 aromatic heterocycles. The number of ether oxygens (including phenoxy) is 1. The van der Waals surface area contributed by atoms with Crippen LogP contribution in [0.4, 0.5) is 8.78 Å². The van der Waals surface area contributed by atoms with Crippen molar-refractivity contribution in [3.63, 3.8) is 0 Å². The molecule has 2 rings (SSSR count). The van der Waals surface area contributed by atoms with Crippen molar-refractivity contribution < 1.29 is 18.3 Å². The number of piperidine rings is 1. The van der Waals surface area contributed by atoms with Crippen molar-refractivity contribution in [1.82, 2.24) is 10.2 Å². The minimum Gasteiger partial charge on any atom is -0.435 e. The summed E-state index contributed by atoms with van der Waals surface area (Å²) < 4.78 is 28.4. The molecule has 1 fully saturated rings. The number of rotatable bonds is 5. The smallest absolute Gasteiger partial charge is 0.387 e. The number of carbonyl (C=O) groups is 1. The summed E-state index contributed by atoms with van der Waals surface area (Å²) in [6.45, 7) is -0.482. The molecule has 1 aliphatic rings. The molecular formula is C15H20F2N2O2. The molecule has 1 saturated heterocycles. The fourth-order valence-electron chi connectivity index (χ4n) is 2.67. The predicted octanol–water partition coefficient (Wildman–Crippen LogP) is 2.36. The molecule has 4 nitrogen and oxygen atoms in total. The van der Waals surface area contributed by atoms with Gasteiger partial charge in [-0.2, -0.15) is 8.78 Å². The fraction of sp³-hybridized carbons (Fsp3) is 0.533. The summed E-state index contributed by atoms with van der Waals surface area (Å²) in [5.74, 6) is 0.474. The quantitative estimate of drug-likeness (QED) is 0.907. The Kier molecular flexibility index (Phi) is 5.50. The number of nitrogens with one attached hydrogen (secondary N) is 1. The van der Waals surface area contributed by atoms with Gasteiger partial charge in [-0.3, -0.25) is 4.79 Å². The molecule has 1 aromatic carbocycles. The number of amides is 1. The maximum Gasteiger partial charge on any atom is 0.387 e. The topological polar surface area (TPSA) is 41.6 Å². The van der Waals surface area contributed by atoms with Gasteiger partial charge in [-0.05, 0) is 56.6 Å². The van der Waals surface area contributed by atoms with Gasteiger partial charge in [0.05, 0.1) is 0 Å². The van der Waals surface area contributed by atoms with Crippen molar-refractivity contribution in [2.75, 3.05) is 26.7 Å². The van der Waals surface area contributed by atoms with Gasteiger partial charge in [-0.15, -0.1) is 0 Å². The predicted molar refractivity (Wildman–Crippen MR) is 75.6 cm³/mol. The van der Waals surface area contributed by atoms with Gasteiger partial charge in [0, 0.05) is 18.7 Å². The molecule has 1 heterocycles. The third kappa shape index (κ3) is 4.39. The molecular weight excluding hydrogens is 278 g/mol. The number of nitrogens with zero attached hydrogens (tertiary/aromatic N) is 1. The van der Waals surface area contributed by atoms with Gasteiger partial charge in [0.1, 0.15) is 5.75 Å². The standard InChI is InChI=1S/C15H20F2N2O2/c1-18-9-11-3-2-8-19(10-11)14(20)12-4-6-13(7-5-12)21-15(16)17/h4-7,11,15,18H,2-3,8-10H2,1H3. The molecule has 6 heteroatoms. The summed E-state index contributed by atoms with van der Waals surface area (Å²) in [4.78, 5) is 14.2. The molecule has 0 aliphatic carbocycles. The normalized spacial score (nSPS) is 18.9. The molecule has 0 spiro atoms. The van der Waals surface area contributed by atoms with Crippen LogP contribution >= 0.6 is 0 Å². The van der Waals surface area contributed by atoms with Crippen LogP contribution in [0, 0.1) is 5.92 Å². The van der Waals surface area contributed by atoms with Crippen LogP contribution < -0.4 is 10.1 Å². The van der Waals surface area contributed by atoms with Crippen molar-refractivity contribution in [1.29, 1.82) is 0 Å². The molecule has 1 N–H and O–H groups in total. The summed E-state index contributed by atoms with van der Waals surface area (Å²) >= 11 is 0. The largest absolute Gasteiger partial charge is 0.435 e. The molecule has 0 radical (unpaired) electrons. The molecule has 1 atom stereocenters. The lowest BCUT2D eigenvalue weighted by molar-refractivity contribution is -0.0498. The summed E-state index contributed by atoms with van der Waals surface area (Å²) in [7, 11) is 1.91. The zero-order valence-corrected chi connectivity index (χ0v) is 12.0. The van der Waals surface area contributed by atoms with E-state index in [0.29, 0.717) is 11.5 Å². The van der Waals surface area contributed by atoms with Crippen LogP contribution in [-0.2, 0) is 0 Å². The van der Waals surface area contributed by atoms with E-state index in [1.54, 1.807) is 0 Å². The summed E-state index contributed by atoms with van der Waals surface area (Å²) in [5, 5.41) is 3.14. The van der Waals surface area contributed by atoms with Crippen molar-refractivity contribution in [3.05, 3.63) is 29.8 Å². The number of benzene rings is 1. The van der Waals surface area contributed by atoms with Gasteiger partial charge in [-0.25, -0.2) is 0 Å². The second-order valence-electron chi connectivity index (χ2n) is 5.22. The average Bonchev–Trinajstić information content (AvgIpc) is 2.47. The van der Waals surface area contributed by atoms with Crippen molar-refractivity contribution in [2.24, 2.45) is 5.92 Å². The Morgan fingerprint density at radius 2 is 2.14 bits per heavy atom. The van der Waals surface area contributed by atoms with Gasteiger partial charge in [0.25, 0.3) is 5.91 Å². The maximum absolute atomic E-state index is 12.4. The highest BCUT2D eigenvalue weighted by molar-refractivity contribution is 5.94. The second kappa shape index (κ2) is 7.36. The van der Waals surface area contributed by atoms with Crippen molar-refractivity contribution in [2.45, 2.75) is 19.5 Å². The number of hydrogen-bond donors (Lipinski definition) is 1. The van der Waals surface area contributed by atoms with E-state index in [-0.39, 0.29) is 11.7 Å². The third-order valence-corrected chi connectivity index (χ3v) is 3.63. The minimum atomic E-state index is -2.85. The van der Waals surface area contributed by atoms with Crippen LogP contribution in [0.15, 0.2) is 24.3 Å². The minimum absolute atomic E-state index is 0.0561. The van der Waals surface area contributed by atoms with Gasteiger partial charge < -0.3 is 15.0 Å². The van der Waals surface area contributed by atoms with Crippen molar-refractivity contribution in [3.8, 4) is 5.75 Å². The second-order valence-corrected chi connectivity index (χ2v) is 5.22. The Balaban J connectivity index is 1.98. The Morgan fingerprint density at radius 3 is 2.76 bits per heavy atom. The first-order valence-electron chi connectivity index (χ1n) is 7.09. The highest BCUT2D eigenvalue weighted by atomic mass is 19.3. The van der Waals surface area contributed by atoms with Crippen LogP contribution in [0.25, 0.3) is 0 Å². The summed E-state index contributed by atoms with van der Waals surface area (Å²) in [6, 6.07) is 5.85. The highest BCUT2D eigenvalue weighted by Crippen LogP contribution is 2.20. The average molecular weight is 298 g/mol. The first-order chi connectivity index (χ1) is 10.1. The van der Waals surface area contributed by atoms with Crippen LogP contribution in [0.3, 0.4) is 0 Å². The van der Waals surface area contributed by atoms with Crippen LogP contribution in [0.5, 0.6) is 5.75 Å². The lowest BCUT2D eigenvalue weighted by atomic mass is 9.97. The number of halogens is 2. The molecule has 1 unspecified atom stereocenters.